The number of ketones is 1. The Kier molecular flexibility index (Phi) is 3.49. The predicted octanol–water partition coefficient (Wildman–Crippen LogP) is 4.11. The number of rotatable bonds is 2. The molecule has 102 valence electrons. The van der Waals surface area contributed by atoms with Crippen molar-refractivity contribution in [1.82, 2.24) is 0 Å². The van der Waals surface area contributed by atoms with Crippen LogP contribution in [0.2, 0.25) is 5.02 Å². The van der Waals surface area contributed by atoms with Crippen LogP contribution < -0.4 is 4.90 Å². The summed E-state index contributed by atoms with van der Waals surface area (Å²) >= 11 is 6.13. The Morgan fingerprint density at radius 3 is 2.65 bits per heavy atom. The van der Waals surface area contributed by atoms with E-state index in [-0.39, 0.29) is 5.78 Å². The maximum absolute atomic E-state index is 11.6. The van der Waals surface area contributed by atoms with Gasteiger partial charge in [-0.05, 0) is 42.7 Å². The maximum Gasteiger partial charge on any atom is 0.159 e. The second-order valence-electron chi connectivity index (χ2n) is 5.19. The lowest BCUT2D eigenvalue weighted by Gasteiger charge is -2.31. The topological polar surface area (TPSA) is 20.3 Å². The molecule has 1 heterocycles. The van der Waals surface area contributed by atoms with Crippen LogP contribution in [0.5, 0.6) is 0 Å². The van der Waals surface area contributed by atoms with Crippen molar-refractivity contribution in [3.05, 3.63) is 64.2 Å². The number of Topliss-reactive ketones (excluding diaryl/α,β-unsaturated/α-hetero) is 1. The smallest absolute Gasteiger partial charge is 0.159 e. The quantitative estimate of drug-likeness (QED) is 0.774. The zero-order chi connectivity index (χ0) is 14.1. The van der Waals surface area contributed by atoms with Crippen molar-refractivity contribution in [3.8, 4) is 0 Å². The fraction of sp³-hybridized carbons (Fsp3) is 0.235. The molecule has 0 unspecified atom stereocenters. The van der Waals surface area contributed by atoms with Gasteiger partial charge >= 0.3 is 0 Å². The molecular formula is C17H16ClNO. The van der Waals surface area contributed by atoms with Crippen LogP contribution >= 0.6 is 11.6 Å². The van der Waals surface area contributed by atoms with Gasteiger partial charge in [0, 0.05) is 29.4 Å². The van der Waals surface area contributed by atoms with Crippen LogP contribution in [0.1, 0.15) is 28.4 Å². The number of halogens is 1. The molecule has 0 saturated carbocycles. The van der Waals surface area contributed by atoms with Crippen molar-refractivity contribution < 1.29 is 4.79 Å². The number of fused-ring (bicyclic) bond motifs is 1. The zero-order valence-electron chi connectivity index (χ0n) is 11.4. The normalized spacial score (nSPS) is 14.0. The first-order valence-corrected chi connectivity index (χ1v) is 7.14. The summed E-state index contributed by atoms with van der Waals surface area (Å²) in [7, 11) is 0. The van der Waals surface area contributed by atoms with Crippen molar-refractivity contribution >= 4 is 23.1 Å². The van der Waals surface area contributed by atoms with E-state index in [1.54, 1.807) is 13.0 Å². The molecule has 20 heavy (non-hydrogen) atoms. The third kappa shape index (κ3) is 2.56. The summed E-state index contributed by atoms with van der Waals surface area (Å²) in [6.45, 7) is 3.39. The van der Waals surface area contributed by atoms with Crippen LogP contribution in [0.3, 0.4) is 0 Å². The van der Waals surface area contributed by atoms with Crippen LogP contribution in [0.25, 0.3) is 0 Å². The van der Waals surface area contributed by atoms with Gasteiger partial charge in [0.05, 0.1) is 0 Å². The Morgan fingerprint density at radius 1 is 1.15 bits per heavy atom. The van der Waals surface area contributed by atoms with Crippen LogP contribution in [-0.4, -0.2) is 12.3 Å². The first-order valence-electron chi connectivity index (χ1n) is 6.77. The summed E-state index contributed by atoms with van der Waals surface area (Å²) in [5.41, 5.74) is 4.46. The molecule has 1 aliphatic rings. The molecule has 0 spiro atoms. The van der Waals surface area contributed by atoms with E-state index in [9.17, 15) is 4.79 Å². The van der Waals surface area contributed by atoms with Gasteiger partial charge in [0.2, 0.25) is 0 Å². The van der Waals surface area contributed by atoms with Crippen molar-refractivity contribution in [3.63, 3.8) is 0 Å². The molecule has 2 aromatic carbocycles. The Morgan fingerprint density at radius 2 is 1.90 bits per heavy atom. The van der Waals surface area contributed by atoms with Crippen molar-refractivity contribution in [2.24, 2.45) is 0 Å². The monoisotopic (exact) mass is 285 g/mol. The summed E-state index contributed by atoms with van der Waals surface area (Å²) in [5.74, 6) is 0.0474. The summed E-state index contributed by atoms with van der Waals surface area (Å²) < 4.78 is 0. The second kappa shape index (κ2) is 5.29. The minimum absolute atomic E-state index is 0.0474. The third-order valence-electron chi connectivity index (χ3n) is 3.78. The number of carbonyl (C=O) groups is 1. The van der Waals surface area contributed by atoms with E-state index < -0.39 is 0 Å². The lowest BCUT2D eigenvalue weighted by atomic mass is 9.99. The molecule has 3 heteroatoms. The van der Waals surface area contributed by atoms with Gasteiger partial charge in [-0.25, -0.2) is 0 Å². The van der Waals surface area contributed by atoms with Gasteiger partial charge in [-0.1, -0.05) is 35.9 Å². The summed E-state index contributed by atoms with van der Waals surface area (Å²) in [5, 5.41) is 0.617. The molecule has 0 aromatic heterocycles. The highest BCUT2D eigenvalue weighted by Gasteiger charge is 2.17. The van der Waals surface area contributed by atoms with E-state index in [0.717, 1.165) is 25.2 Å². The molecule has 0 aliphatic carbocycles. The van der Waals surface area contributed by atoms with Gasteiger partial charge in [0.1, 0.15) is 0 Å². The molecule has 2 nitrogen and oxygen atoms in total. The highest BCUT2D eigenvalue weighted by molar-refractivity contribution is 6.31. The Bertz CT molecular complexity index is 666. The van der Waals surface area contributed by atoms with Gasteiger partial charge in [-0.2, -0.15) is 0 Å². The number of nitrogens with zero attached hydrogens (tertiary/aromatic N) is 1. The molecule has 3 rings (SSSR count). The Balaban J connectivity index is 1.93. The number of anilines is 1. The van der Waals surface area contributed by atoms with Crippen LogP contribution in [0.4, 0.5) is 5.69 Å². The molecule has 0 atom stereocenters. The molecule has 0 amide bonds. The predicted molar refractivity (Wildman–Crippen MR) is 82.7 cm³/mol. The van der Waals surface area contributed by atoms with Gasteiger partial charge in [0.15, 0.2) is 5.78 Å². The summed E-state index contributed by atoms with van der Waals surface area (Å²) in [6.07, 6.45) is 1.03. The van der Waals surface area contributed by atoms with E-state index in [0.29, 0.717) is 10.6 Å². The van der Waals surface area contributed by atoms with Gasteiger partial charge in [-0.3, -0.25) is 4.79 Å². The lowest BCUT2D eigenvalue weighted by molar-refractivity contribution is 0.101. The number of hydrogen-bond acceptors (Lipinski definition) is 2. The molecule has 0 N–H and O–H groups in total. The highest BCUT2D eigenvalue weighted by atomic mass is 35.5. The van der Waals surface area contributed by atoms with E-state index in [4.69, 9.17) is 11.6 Å². The van der Waals surface area contributed by atoms with Gasteiger partial charge in [0.25, 0.3) is 0 Å². The van der Waals surface area contributed by atoms with E-state index in [1.165, 1.54) is 11.1 Å². The largest absolute Gasteiger partial charge is 0.367 e. The Labute approximate surface area is 124 Å². The van der Waals surface area contributed by atoms with Crippen LogP contribution in [-0.2, 0) is 13.0 Å². The highest BCUT2D eigenvalue weighted by Crippen LogP contribution is 2.28. The summed E-state index contributed by atoms with van der Waals surface area (Å²) in [6, 6.07) is 14.1. The van der Waals surface area contributed by atoms with Crippen molar-refractivity contribution in [2.75, 3.05) is 11.4 Å². The average molecular weight is 286 g/mol. The van der Waals surface area contributed by atoms with Crippen molar-refractivity contribution in [1.29, 1.82) is 0 Å². The van der Waals surface area contributed by atoms with E-state index in [2.05, 4.69) is 29.2 Å². The van der Waals surface area contributed by atoms with Crippen LogP contribution in [0, 0.1) is 0 Å². The number of carbonyl (C=O) groups excluding carboxylic acids is 1. The first kappa shape index (κ1) is 13.2. The first-order chi connectivity index (χ1) is 9.63. The Hall–Kier alpha value is -1.80. The zero-order valence-corrected chi connectivity index (χ0v) is 12.2. The molecular weight excluding hydrogens is 270 g/mol. The minimum Gasteiger partial charge on any atom is -0.367 e. The minimum atomic E-state index is 0.0474. The number of benzene rings is 2. The molecule has 1 aliphatic heterocycles. The molecule has 2 aromatic rings. The second-order valence-corrected chi connectivity index (χ2v) is 5.63. The number of hydrogen-bond donors (Lipinski definition) is 0. The molecule has 0 saturated heterocycles. The SMILES string of the molecule is CC(=O)c1cc(Cl)cc(N2CCc3ccccc3C2)c1. The van der Waals surface area contributed by atoms with E-state index in [1.807, 2.05) is 12.1 Å². The van der Waals surface area contributed by atoms with Crippen LogP contribution in [0.15, 0.2) is 42.5 Å². The maximum atomic E-state index is 11.6. The fourth-order valence-corrected chi connectivity index (χ4v) is 2.91. The molecule has 0 bridgehead atoms. The fourth-order valence-electron chi connectivity index (χ4n) is 2.68. The standard InChI is InChI=1S/C17H16ClNO/c1-12(20)15-8-16(18)10-17(9-15)19-7-6-13-4-2-3-5-14(13)11-19/h2-5,8-10H,6-7,11H2,1H3. The van der Waals surface area contributed by atoms with Crippen molar-refractivity contribution in [2.45, 2.75) is 19.9 Å². The lowest BCUT2D eigenvalue weighted by Crippen LogP contribution is -2.30. The van der Waals surface area contributed by atoms with Gasteiger partial charge < -0.3 is 4.90 Å². The summed E-state index contributed by atoms with van der Waals surface area (Å²) in [4.78, 5) is 13.8. The van der Waals surface area contributed by atoms with E-state index >= 15 is 0 Å². The third-order valence-corrected chi connectivity index (χ3v) is 4.00. The average Bonchev–Trinajstić information content (AvgIpc) is 2.46. The molecule has 0 radical (unpaired) electrons. The molecule has 0 fully saturated rings. The van der Waals surface area contributed by atoms with Gasteiger partial charge in [-0.15, -0.1) is 0 Å².